The van der Waals surface area contributed by atoms with Gasteiger partial charge in [-0.1, -0.05) is 6.42 Å². The van der Waals surface area contributed by atoms with Crippen molar-refractivity contribution in [3.8, 4) is 5.75 Å². The highest BCUT2D eigenvalue weighted by Gasteiger charge is 2.32. The fourth-order valence-electron chi connectivity index (χ4n) is 2.59. The summed E-state index contributed by atoms with van der Waals surface area (Å²) in [5.74, 6) is -1.47. The first-order valence-corrected chi connectivity index (χ1v) is 7.28. The fourth-order valence-corrected chi connectivity index (χ4v) is 2.83. The minimum absolute atomic E-state index is 0.00179. The molecule has 2 atom stereocenters. The standard InChI is InChI=1S/C14H16BrNO4/c15-11-5-4-8(6-12(11)17)13(18)16-7-9-2-1-3-10(9)14(19)20/h4-6,9-10,17H,1-3,7H2,(H,16,18)(H,19,20). The minimum atomic E-state index is -0.789. The number of carboxylic acid groups (broad SMARTS) is 1. The molecule has 2 unspecified atom stereocenters. The van der Waals surface area contributed by atoms with Crippen LogP contribution in [0, 0.1) is 11.8 Å². The van der Waals surface area contributed by atoms with Gasteiger partial charge < -0.3 is 15.5 Å². The molecule has 0 spiro atoms. The van der Waals surface area contributed by atoms with Gasteiger partial charge in [-0.25, -0.2) is 0 Å². The number of aliphatic carboxylic acids is 1. The summed E-state index contributed by atoms with van der Waals surface area (Å²) >= 11 is 3.15. The Kier molecular flexibility index (Phi) is 4.65. The second kappa shape index (κ2) is 6.26. The lowest BCUT2D eigenvalue weighted by Gasteiger charge is -2.16. The Hall–Kier alpha value is -1.56. The van der Waals surface area contributed by atoms with Crippen molar-refractivity contribution in [3.05, 3.63) is 28.2 Å². The summed E-state index contributed by atoms with van der Waals surface area (Å²) in [7, 11) is 0. The van der Waals surface area contributed by atoms with Crippen molar-refractivity contribution in [2.75, 3.05) is 6.54 Å². The van der Waals surface area contributed by atoms with Crippen molar-refractivity contribution in [2.24, 2.45) is 11.8 Å². The maximum Gasteiger partial charge on any atom is 0.306 e. The van der Waals surface area contributed by atoms with Crippen LogP contribution in [-0.4, -0.2) is 28.6 Å². The number of amides is 1. The van der Waals surface area contributed by atoms with Gasteiger partial charge in [-0.15, -0.1) is 0 Å². The van der Waals surface area contributed by atoms with E-state index < -0.39 is 5.97 Å². The second-order valence-corrected chi connectivity index (χ2v) is 5.87. The molecule has 1 saturated carbocycles. The number of carbonyl (C=O) groups excluding carboxylic acids is 1. The van der Waals surface area contributed by atoms with E-state index in [0.717, 1.165) is 12.8 Å². The predicted molar refractivity (Wildman–Crippen MR) is 76.6 cm³/mol. The molecule has 5 nitrogen and oxygen atoms in total. The average molecular weight is 342 g/mol. The van der Waals surface area contributed by atoms with Crippen molar-refractivity contribution in [1.29, 1.82) is 0 Å². The number of aromatic hydroxyl groups is 1. The van der Waals surface area contributed by atoms with Crippen molar-refractivity contribution in [1.82, 2.24) is 5.32 Å². The molecular weight excluding hydrogens is 326 g/mol. The minimum Gasteiger partial charge on any atom is -0.507 e. The first kappa shape index (κ1) is 14.8. The second-order valence-electron chi connectivity index (χ2n) is 5.01. The number of hydrogen-bond donors (Lipinski definition) is 3. The van der Waals surface area contributed by atoms with Crippen molar-refractivity contribution < 1.29 is 19.8 Å². The molecule has 1 aromatic carbocycles. The van der Waals surface area contributed by atoms with Gasteiger partial charge in [0.05, 0.1) is 10.4 Å². The van der Waals surface area contributed by atoms with Crippen molar-refractivity contribution in [3.63, 3.8) is 0 Å². The molecule has 0 aliphatic heterocycles. The molecule has 108 valence electrons. The molecule has 1 aromatic rings. The molecule has 3 N–H and O–H groups in total. The molecule has 6 heteroatoms. The number of hydrogen-bond acceptors (Lipinski definition) is 3. The number of halogens is 1. The van der Waals surface area contributed by atoms with Gasteiger partial charge in [-0.05, 0) is 52.9 Å². The zero-order valence-corrected chi connectivity index (χ0v) is 12.4. The fraction of sp³-hybridized carbons (Fsp3) is 0.429. The Bertz CT molecular complexity index is 532. The molecule has 0 radical (unpaired) electrons. The number of carbonyl (C=O) groups is 2. The van der Waals surface area contributed by atoms with Crippen LogP contribution in [0.4, 0.5) is 0 Å². The Balaban J connectivity index is 1.95. The lowest BCUT2D eigenvalue weighted by atomic mass is 9.96. The third kappa shape index (κ3) is 3.30. The van der Waals surface area contributed by atoms with Crippen LogP contribution in [0.3, 0.4) is 0 Å². The summed E-state index contributed by atoms with van der Waals surface area (Å²) in [5, 5.41) is 21.4. The van der Waals surface area contributed by atoms with Gasteiger partial charge in [0.1, 0.15) is 5.75 Å². The molecule has 2 rings (SSSR count). The number of carboxylic acids is 1. The molecule has 0 bridgehead atoms. The smallest absolute Gasteiger partial charge is 0.306 e. The lowest BCUT2D eigenvalue weighted by Crippen LogP contribution is -2.33. The molecule has 1 aliphatic rings. The molecular formula is C14H16BrNO4. The topological polar surface area (TPSA) is 86.6 Å². The van der Waals surface area contributed by atoms with Gasteiger partial charge in [0.2, 0.25) is 0 Å². The largest absolute Gasteiger partial charge is 0.507 e. The van der Waals surface area contributed by atoms with E-state index >= 15 is 0 Å². The number of rotatable bonds is 4. The van der Waals surface area contributed by atoms with Gasteiger partial charge in [0.25, 0.3) is 5.91 Å². The maximum absolute atomic E-state index is 12.0. The van der Waals surface area contributed by atoms with E-state index in [9.17, 15) is 14.7 Å². The Morgan fingerprint density at radius 2 is 2.10 bits per heavy atom. The van der Waals surface area contributed by atoms with E-state index in [0.29, 0.717) is 23.0 Å². The highest BCUT2D eigenvalue weighted by Crippen LogP contribution is 2.31. The van der Waals surface area contributed by atoms with Crippen LogP contribution in [0.2, 0.25) is 0 Å². The maximum atomic E-state index is 12.0. The van der Waals surface area contributed by atoms with Gasteiger partial charge in [-0.3, -0.25) is 9.59 Å². The Labute approximate surface area is 125 Å². The van der Waals surface area contributed by atoms with Crippen LogP contribution in [0.25, 0.3) is 0 Å². The van der Waals surface area contributed by atoms with E-state index in [2.05, 4.69) is 21.2 Å². The van der Waals surface area contributed by atoms with E-state index in [1.165, 1.54) is 6.07 Å². The summed E-state index contributed by atoms with van der Waals surface area (Å²) < 4.78 is 0.524. The zero-order valence-electron chi connectivity index (χ0n) is 10.8. The molecule has 1 aliphatic carbocycles. The number of benzene rings is 1. The summed E-state index contributed by atoms with van der Waals surface area (Å²) in [5.41, 5.74) is 0.357. The molecule has 0 heterocycles. The molecule has 1 amide bonds. The lowest BCUT2D eigenvalue weighted by molar-refractivity contribution is -0.142. The zero-order chi connectivity index (χ0) is 14.7. The molecule has 20 heavy (non-hydrogen) atoms. The Morgan fingerprint density at radius 3 is 2.75 bits per heavy atom. The highest BCUT2D eigenvalue weighted by atomic mass is 79.9. The third-order valence-electron chi connectivity index (χ3n) is 3.71. The van der Waals surface area contributed by atoms with E-state index in [4.69, 9.17) is 5.11 Å². The van der Waals surface area contributed by atoms with Gasteiger partial charge >= 0.3 is 5.97 Å². The van der Waals surface area contributed by atoms with Gasteiger partial charge in [-0.2, -0.15) is 0 Å². The first-order valence-electron chi connectivity index (χ1n) is 6.48. The summed E-state index contributed by atoms with van der Waals surface area (Å²) in [4.78, 5) is 23.0. The van der Waals surface area contributed by atoms with Crippen LogP contribution in [0.5, 0.6) is 5.75 Å². The summed E-state index contributed by atoms with van der Waals surface area (Å²) in [6, 6.07) is 4.57. The van der Waals surface area contributed by atoms with E-state index in [1.807, 2.05) is 0 Å². The normalized spacial score (nSPS) is 21.6. The number of phenolic OH excluding ortho intramolecular Hbond substituents is 1. The summed E-state index contributed by atoms with van der Waals surface area (Å²) in [6.07, 6.45) is 2.38. The quantitative estimate of drug-likeness (QED) is 0.784. The van der Waals surface area contributed by atoms with Crippen LogP contribution in [0.15, 0.2) is 22.7 Å². The van der Waals surface area contributed by atoms with Crippen molar-refractivity contribution in [2.45, 2.75) is 19.3 Å². The molecule has 0 aromatic heterocycles. The van der Waals surface area contributed by atoms with Gasteiger partial charge in [0, 0.05) is 12.1 Å². The average Bonchev–Trinajstić information content (AvgIpc) is 2.87. The molecule has 0 saturated heterocycles. The first-order chi connectivity index (χ1) is 9.49. The van der Waals surface area contributed by atoms with Crippen molar-refractivity contribution >= 4 is 27.8 Å². The third-order valence-corrected chi connectivity index (χ3v) is 4.38. The Morgan fingerprint density at radius 1 is 1.35 bits per heavy atom. The number of nitrogens with one attached hydrogen (secondary N) is 1. The van der Waals surface area contributed by atoms with Crippen LogP contribution in [-0.2, 0) is 4.79 Å². The van der Waals surface area contributed by atoms with Crippen LogP contribution >= 0.6 is 15.9 Å². The predicted octanol–water partition coefficient (Wildman–Crippen LogP) is 2.39. The van der Waals surface area contributed by atoms with Gasteiger partial charge in [0.15, 0.2) is 0 Å². The van der Waals surface area contributed by atoms with E-state index in [-0.39, 0.29) is 23.5 Å². The monoisotopic (exact) mass is 341 g/mol. The van der Waals surface area contributed by atoms with E-state index in [1.54, 1.807) is 12.1 Å². The SMILES string of the molecule is O=C(NCC1CCCC1C(=O)O)c1ccc(Br)c(O)c1. The number of phenols is 1. The van der Waals surface area contributed by atoms with Crippen LogP contribution < -0.4 is 5.32 Å². The summed E-state index contributed by atoms with van der Waals surface area (Å²) in [6.45, 7) is 0.354. The highest BCUT2D eigenvalue weighted by molar-refractivity contribution is 9.10. The van der Waals surface area contributed by atoms with Crippen LogP contribution in [0.1, 0.15) is 29.6 Å². The molecule has 1 fully saturated rings.